The lowest BCUT2D eigenvalue weighted by Crippen LogP contribution is -2.61. The Kier molecular flexibility index (Phi) is 3.91. The second kappa shape index (κ2) is 6.24. The maximum atomic E-state index is 14.1. The number of fused-ring (bicyclic) bond motifs is 2. The summed E-state index contributed by atoms with van der Waals surface area (Å²) < 4.78 is 51.5. The van der Waals surface area contributed by atoms with Gasteiger partial charge in [0.15, 0.2) is 6.04 Å². The fraction of sp³-hybridized carbons (Fsp3) is 0.591. The molecule has 2 saturated heterocycles. The molecule has 4 unspecified atom stereocenters. The molecule has 10 heteroatoms. The maximum Gasteiger partial charge on any atom is 0.418 e. The van der Waals surface area contributed by atoms with Crippen molar-refractivity contribution in [3.8, 4) is 0 Å². The summed E-state index contributed by atoms with van der Waals surface area (Å²) >= 11 is 0. The van der Waals surface area contributed by atoms with E-state index in [4.69, 9.17) is 4.74 Å². The molecule has 32 heavy (non-hydrogen) atoms. The van der Waals surface area contributed by atoms with E-state index in [9.17, 15) is 18.0 Å². The fourth-order valence-electron chi connectivity index (χ4n) is 6.15. The maximum absolute atomic E-state index is 14.1. The second-order valence-electron chi connectivity index (χ2n) is 9.86. The Bertz CT molecular complexity index is 1150. The first-order valence-corrected chi connectivity index (χ1v) is 11.0. The van der Waals surface area contributed by atoms with Crippen molar-refractivity contribution in [2.45, 2.75) is 62.6 Å². The van der Waals surface area contributed by atoms with Gasteiger partial charge in [0.2, 0.25) is 5.82 Å². The summed E-state index contributed by atoms with van der Waals surface area (Å²) in [6.07, 6.45) is -0.295. The third kappa shape index (κ3) is 2.55. The van der Waals surface area contributed by atoms with Crippen molar-refractivity contribution < 1.29 is 22.5 Å². The van der Waals surface area contributed by atoms with E-state index in [0.717, 1.165) is 12.0 Å². The standard InChI is InChI=1S/C22H25F3N5O2/c1-20-10-15(32-13-20)11-29(20)17-9-18(31)27-8-5-16(22(23,24)25)28-12-21(2,30(17)19(27)28)14-3-6-26-7-4-14/h3-4,6-7,9,15-16H,5,8,10-13H2,1-2H3/q+1. The molecule has 170 valence electrons. The highest BCUT2D eigenvalue weighted by Gasteiger charge is 2.60. The monoisotopic (exact) mass is 448 g/mol. The number of hydrogen-bond acceptors (Lipinski definition) is 5. The number of hydrogen-bond donors (Lipinski definition) is 0. The van der Waals surface area contributed by atoms with Crippen LogP contribution in [0.4, 0.5) is 24.9 Å². The molecule has 2 fully saturated rings. The number of nitrogens with zero attached hydrogens (tertiary/aromatic N) is 5. The molecule has 4 aliphatic heterocycles. The summed E-state index contributed by atoms with van der Waals surface area (Å²) in [5.74, 6) is 1.01. The Morgan fingerprint density at radius 1 is 1.25 bits per heavy atom. The Balaban J connectivity index is 1.63. The fourth-order valence-corrected chi connectivity index (χ4v) is 6.15. The van der Waals surface area contributed by atoms with Crippen LogP contribution in [0.2, 0.25) is 0 Å². The van der Waals surface area contributed by atoms with Gasteiger partial charge < -0.3 is 4.74 Å². The number of halogens is 3. The number of ether oxygens (including phenoxy) is 1. The van der Waals surface area contributed by atoms with Crippen molar-refractivity contribution in [2.24, 2.45) is 0 Å². The molecule has 2 aromatic rings. The van der Waals surface area contributed by atoms with E-state index in [-0.39, 0.29) is 36.7 Å². The summed E-state index contributed by atoms with van der Waals surface area (Å²) in [4.78, 5) is 20.8. The third-order valence-corrected chi connectivity index (χ3v) is 7.71. The Morgan fingerprint density at radius 3 is 2.62 bits per heavy atom. The molecule has 2 bridgehead atoms. The number of morpholine rings is 1. The van der Waals surface area contributed by atoms with Crippen molar-refractivity contribution in [1.82, 2.24) is 9.55 Å². The number of anilines is 2. The molecule has 0 aromatic carbocycles. The van der Waals surface area contributed by atoms with E-state index < -0.39 is 17.8 Å². The van der Waals surface area contributed by atoms with E-state index in [2.05, 4.69) is 16.8 Å². The van der Waals surface area contributed by atoms with Crippen LogP contribution in [-0.4, -0.2) is 53.1 Å². The predicted molar refractivity (Wildman–Crippen MR) is 110 cm³/mol. The van der Waals surface area contributed by atoms with Gasteiger partial charge in [-0.15, -0.1) is 0 Å². The van der Waals surface area contributed by atoms with E-state index in [0.29, 0.717) is 24.9 Å². The van der Waals surface area contributed by atoms with Gasteiger partial charge in [0, 0.05) is 25.2 Å². The van der Waals surface area contributed by atoms with Gasteiger partial charge >= 0.3 is 17.7 Å². The van der Waals surface area contributed by atoms with Crippen LogP contribution < -0.4 is 19.9 Å². The summed E-state index contributed by atoms with van der Waals surface area (Å²) in [6.45, 7) is 5.38. The lowest BCUT2D eigenvalue weighted by atomic mass is 9.92. The Hall–Kier alpha value is -2.62. The SMILES string of the molecule is CC12COC(CN1c1cc(=O)n3c4[n+]1C(C)(c1ccncc1)CN4C(C(F)(F)F)CC3)C2. The Labute approximate surface area is 183 Å². The van der Waals surface area contributed by atoms with Crippen LogP contribution in [0, 0.1) is 0 Å². The molecule has 2 aromatic heterocycles. The summed E-state index contributed by atoms with van der Waals surface area (Å²) in [7, 11) is 0. The van der Waals surface area contributed by atoms with E-state index in [1.165, 1.54) is 9.47 Å². The molecule has 0 N–H and O–H groups in total. The summed E-state index contributed by atoms with van der Waals surface area (Å²) in [5, 5.41) is 0. The van der Waals surface area contributed by atoms with Gasteiger partial charge in [-0.25, -0.2) is 9.13 Å². The van der Waals surface area contributed by atoms with E-state index >= 15 is 0 Å². The minimum absolute atomic E-state index is 0.0462. The van der Waals surface area contributed by atoms with Crippen LogP contribution in [0.25, 0.3) is 0 Å². The Morgan fingerprint density at radius 2 is 2.00 bits per heavy atom. The molecule has 0 aliphatic carbocycles. The number of rotatable bonds is 2. The van der Waals surface area contributed by atoms with Crippen LogP contribution in [0.3, 0.4) is 0 Å². The normalized spacial score (nSPS) is 33.2. The third-order valence-electron chi connectivity index (χ3n) is 7.71. The topological polar surface area (TPSA) is 54.5 Å². The molecule has 4 atom stereocenters. The van der Waals surface area contributed by atoms with Crippen molar-refractivity contribution >= 4 is 11.8 Å². The zero-order valence-electron chi connectivity index (χ0n) is 18.0. The lowest BCUT2D eigenvalue weighted by molar-refractivity contribution is -0.717. The highest BCUT2D eigenvalue weighted by Crippen LogP contribution is 2.44. The molecule has 4 aliphatic rings. The van der Waals surface area contributed by atoms with Crippen LogP contribution in [-0.2, 0) is 16.8 Å². The van der Waals surface area contributed by atoms with E-state index in [1.54, 1.807) is 18.5 Å². The molecule has 6 rings (SSSR count). The zero-order chi connectivity index (χ0) is 22.5. The van der Waals surface area contributed by atoms with Crippen LogP contribution in [0.1, 0.15) is 32.3 Å². The number of pyridine rings is 1. The van der Waals surface area contributed by atoms with Gasteiger partial charge in [-0.05, 0) is 31.5 Å². The summed E-state index contributed by atoms with van der Waals surface area (Å²) in [5.41, 5.74) is -0.482. The molecule has 6 heterocycles. The largest absolute Gasteiger partial charge is 0.418 e. The zero-order valence-corrected chi connectivity index (χ0v) is 18.0. The van der Waals surface area contributed by atoms with Gasteiger partial charge in [-0.1, -0.05) is 0 Å². The van der Waals surface area contributed by atoms with Crippen molar-refractivity contribution in [3.05, 3.63) is 46.5 Å². The molecular weight excluding hydrogens is 423 g/mol. The second-order valence-corrected chi connectivity index (χ2v) is 9.86. The predicted octanol–water partition coefficient (Wildman–Crippen LogP) is 1.82. The first-order valence-electron chi connectivity index (χ1n) is 11.0. The average Bonchev–Trinajstić information content (AvgIpc) is 3.39. The smallest absolute Gasteiger partial charge is 0.372 e. The highest BCUT2D eigenvalue weighted by atomic mass is 19.4. The molecule has 0 amide bonds. The first-order chi connectivity index (χ1) is 15.1. The molecule has 0 radical (unpaired) electrons. The van der Waals surface area contributed by atoms with Gasteiger partial charge in [-0.3, -0.25) is 19.6 Å². The number of aromatic nitrogens is 3. The van der Waals surface area contributed by atoms with Crippen LogP contribution in [0.15, 0.2) is 35.4 Å². The van der Waals surface area contributed by atoms with Crippen molar-refractivity contribution in [3.63, 3.8) is 0 Å². The molecule has 7 nitrogen and oxygen atoms in total. The molecule has 0 saturated carbocycles. The highest BCUT2D eigenvalue weighted by molar-refractivity contribution is 5.48. The summed E-state index contributed by atoms with van der Waals surface area (Å²) in [6, 6.07) is 3.68. The minimum Gasteiger partial charge on any atom is -0.372 e. The average molecular weight is 448 g/mol. The van der Waals surface area contributed by atoms with E-state index in [1.807, 2.05) is 23.6 Å². The van der Waals surface area contributed by atoms with Crippen molar-refractivity contribution in [1.29, 1.82) is 0 Å². The van der Waals surface area contributed by atoms with Crippen molar-refractivity contribution in [2.75, 3.05) is 29.5 Å². The first kappa shape index (κ1) is 20.0. The lowest BCUT2D eigenvalue weighted by Gasteiger charge is -2.37. The van der Waals surface area contributed by atoms with Gasteiger partial charge in [0.25, 0.3) is 0 Å². The van der Waals surface area contributed by atoms with Crippen LogP contribution in [0.5, 0.6) is 0 Å². The quantitative estimate of drug-likeness (QED) is 0.657. The van der Waals surface area contributed by atoms with Gasteiger partial charge in [-0.2, -0.15) is 13.2 Å². The van der Waals surface area contributed by atoms with Gasteiger partial charge in [0.05, 0.1) is 44.0 Å². The van der Waals surface area contributed by atoms with Crippen LogP contribution >= 0.6 is 0 Å². The molecular formula is C22H25F3N5O2+. The van der Waals surface area contributed by atoms with Gasteiger partial charge in [0.1, 0.15) is 5.54 Å². The number of alkyl halides is 3. The minimum atomic E-state index is -4.38. The molecule has 0 spiro atoms.